The Bertz CT molecular complexity index is 1510. The molecule has 11 nitrogen and oxygen atoms in total. The molecule has 2 unspecified atom stereocenters. The lowest BCUT2D eigenvalue weighted by molar-refractivity contribution is -0.0312. The summed E-state index contributed by atoms with van der Waals surface area (Å²) in [7, 11) is -3.33. The van der Waals surface area contributed by atoms with E-state index in [0.29, 0.717) is 56.1 Å². The number of piperidine rings is 1. The monoisotopic (exact) mass is 664 g/mol. The fourth-order valence-electron chi connectivity index (χ4n) is 6.45. The predicted molar refractivity (Wildman–Crippen MR) is 172 cm³/mol. The van der Waals surface area contributed by atoms with Crippen molar-refractivity contribution in [2.75, 3.05) is 60.0 Å². The van der Waals surface area contributed by atoms with Gasteiger partial charge >= 0.3 is 0 Å². The zero-order chi connectivity index (χ0) is 32.1. The number of aliphatic hydroxyl groups excluding tert-OH is 1. The molecule has 2 aliphatic heterocycles. The summed E-state index contributed by atoms with van der Waals surface area (Å²) in [5, 5.41) is 13.9. The van der Waals surface area contributed by atoms with Gasteiger partial charge in [-0.15, -0.1) is 0 Å². The SMILES string of the molecule is CN(C)CCCNS(=O)(=O)c1cccc(OCC(O)CNC2COC3(CCN(S(=O)(=O)c4ccc5c(c4)CCCC5)CC3)C2)c1. The lowest BCUT2D eigenvalue weighted by Crippen LogP contribution is -2.47. The van der Waals surface area contributed by atoms with Crippen molar-refractivity contribution in [2.45, 2.75) is 78.9 Å². The second kappa shape index (κ2) is 14.8. The van der Waals surface area contributed by atoms with Crippen LogP contribution in [0, 0.1) is 0 Å². The summed E-state index contributed by atoms with van der Waals surface area (Å²) < 4.78 is 68.3. The number of aliphatic hydroxyl groups is 1. The Morgan fingerprint density at radius 3 is 2.56 bits per heavy atom. The smallest absolute Gasteiger partial charge is 0.243 e. The number of hydrogen-bond acceptors (Lipinski definition) is 9. The lowest BCUT2D eigenvalue weighted by Gasteiger charge is -2.38. The highest BCUT2D eigenvalue weighted by Crippen LogP contribution is 2.37. The van der Waals surface area contributed by atoms with Gasteiger partial charge in [0.15, 0.2) is 0 Å². The molecule has 0 radical (unpaired) electrons. The number of benzene rings is 2. The first-order valence-electron chi connectivity index (χ1n) is 16.0. The average Bonchev–Trinajstić information content (AvgIpc) is 3.43. The molecule has 2 heterocycles. The molecule has 0 aromatic heterocycles. The van der Waals surface area contributed by atoms with Crippen molar-refractivity contribution in [1.29, 1.82) is 0 Å². The molecular formula is C32H48N4O7S2. The van der Waals surface area contributed by atoms with Crippen LogP contribution in [-0.4, -0.2) is 109 Å². The minimum Gasteiger partial charge on any atom is -0.491 e. The van der Waals surface area contributed by atoms with Crippen LogP contribution < -0.4 is 14.8 Å². The van der Waals surface area contributed by atoms with Gasteiger partial charge in [-0.3, -0.25) is 0 Å². The van der Waals surface area contributed by atoms with E-state index in [4.69, 9.17) is 9.47 Å². The summed E-state index contributed by atoms with van der Waals surface area (Å²) in [6.45, 7) is 2.74. The van der Waals surface area contributed by atoms with Crippen LogP contribution in [0.1, 0.15) is 49.7 Å². The zero-order valence-corrected chi connectivity index (χ0v) is 28.0. The van der Waals surface area contributed by atoms with Crippen molar-refractivity contribution < 1.29 is 31.4 Å². The molecule has 13 heteroatoms. The van der Waals surface area contributed by atoms with Gasteiger partial charge in [0, 0.05) is 38.3 Å². The summed E-state index contributed by atoms with van der Waals surface area (Å²) in [4.78, 5) is 2.51. The Morgan fingerprint density at radius 1 is 1.04 bits per heavy atom. The maximum atomic E-state index is 13.4. The van der Waals surface area contributed by atoms with Crippen molar-refractivity contribution in [1.82, 2.24) is 19.2 Å². The van der Waals surface area contributed by atoms with Crippen LogP contribution in [0.25, 0.3) is 0 Å². The van der Waals surface area contributed by atoms with Gasteiger partial charge in [0.05, 0.1) is 22.0 Å². The summed E-state index contributed by atoms with van der Waals surface area (Å²) in [5.41, 5.74) is 2.07. The molecule has 2 fully saturated rings. The predicted octanol–water partition coefficient (Wildman–Crippen LogP) is 2.14. The molecule has 3 aliphatic rings. The highest BCUT2D eigenvalue weighted by Gasteiger charge is 2.44. The lowest BCUT2D eigenvalue weighted by atomic mass is 9.88. The number of nitrogens with zero attached hydrogens (tertiary/aromatic N) is 2. The first-order chi connectivity index (χ1) is 21.5. The van der Waals surface area contributed by atoms with Gasteiger partial charge in [0.25, 0.3) is 0 Å². The molecule has 2 aromatic carbocycles. The summed E-state index contributed by atoms with van der Waals surface area (Å²) in [5.74, 6) is 0.366. The molecule has 2 saturated heterocycles. The first kappa shape index (κ1) is 34.2. The van der Waals surface area contributed by atoms with E-state index in [2.05, 4.69) is 10.0 Å². The third-order valence-corrected chi connectivity index (χ3v) is 12.4. The molecule has 250 valence electrons. The topological polar surface area (TPSA) is 138 Å². The van der Waals surface area contributed by atoms with Crippen LogP contribution in [0.3, 0.4) is 0 Å². The Balaban J connectivity index is 1.05. The van der Waals surface area contributed by atoms with E-state index in [1.807, 2.05) is 31.1 Å². The number of aryl methyl sites for hydroxylation is 2. The fourth-order valence-corrected chi connectivity index (χ4v) is 9.05. The molecule has 45 heavy (non-hydrogen) atoms. The van der Waals surface area contributed by atoms with E-state index >= 15 is 0 Å². The van der Waals surface area contributed by atoms with Crippen LogP contribution in [0.5, 0.6) is 5.75 Å². The van der Waals surface area contributed by atoms with Crippen LogP contribution in [0.4, 0.5) is 0 Å². The molecule has 5 rings (SSSR count). The second-order valence-corrected chi connectivity index (χ2v) is 16.5. The third-order valence-electron chi connectivity index (χ3n) is 9.08. The summed E-state index contributed by atoms with van der Waals surface area (Å²) in [6, 6.07) is 11.9. The molecule has 0 saturated carbocycles. The highest BCUT2D eigenvalue weighted by atomic mass is 32.2. The number of sulfonamides is 2. The minimum absolute atomic E-state index is 0.000989. The van der Waals surface area contributed by atoms with Crippen molar-refractivity contribution in [3.63, 3.8) is 0 Å². The van der Waals surface area contributed by atoms with Gasteiger partial charge < -0.3 is 24.8 Å². The zero-order valence-electron chi connectivity index (χ0n) is 26.4. The number of hydrogen-bond donors (Lipinski definition) is 3. The van der Waals surface area contributed by atoms with Crippen LogP contribution in [0.15, 0.2) is 52.3 Å². The van der Waals surface area contributed by atoms with Crippen LogP contribution in [0.2, 0.25) is 0 Å². The normalized spacial score (nSPS) is 21.2. The number of ether oxygens (including phenoxy) is 2. The van der Waals surface area contributed by atoms with Gasteiger partial charge in [-0.25, -0.2) is 21.6 Å². The molecule has 1 aliphatic carbocycles. The number of fused-ring (bicyclic) bond motifs is 1. The van der Waals surface area contributed by atoms with Gasteiger partial charge in [-0.1, -0.05) is 12.1 Å². The van der Waals surface area contributed by atoms with Crippen molar-refractivity contribution in [2.24, 2.45) is 0 Å². The molecule has 3 N–H and O–H groups in total. The van der Waals surface area contributed by atoms with Crippen molar-refractivity contribution >= 4 is 20.0 Å². The first-order valence-corrected chi connectivity index (χ1v) is 18.9. The van der Waals surface area contributed by atoms with Gasteiger partial charge in [0.1, 0.15) is 18.5 Å². The van der Waals surface area contributed by atoms with Crippen LogP contribution in [-0.2, 0) is 37.6 Å². The van der Waals surface area contributed by atoms with Crippen molar-refractivity contribution in [3.8, 4) is 5.75 Å². The summed E-state index contributed by atoms with van der Waals surface area (Å²) in [6.07, 6.45) is 6.13. The molecule has 1 spiro atoms. The quantitative estimate of drug-likeness (QED) is 0.260. The van der Waals surface area contributed by atoms with Gasteiger partial charge in [0.2, 0.25) is 20.0 Å². The van der Waals surface area contributed by atoms with E-state index in [1.54, 1.807) is 22.5 Å². The van der Waals surface area contributed by atoms with Crippen molar-refractivity contribution in [3.05, 3.63) is 53.6 Å². The van der Waals surface area contributed by atoms with E-state index in [1.165, 1.54) is 17.7 Å². The van der Waals surface area contributed by atoms with E-state index in [-0.39, 0.29) is 29.7 Å². The van der Waals surface area contributed by atoms with Gasteiger partial charge in [-0.2, -0.15) is 4.31 Å². The highest BCUT2D eigenvalue weighted by molar-refractivity contribution is 7.89. The third kappa shape index (κ3) is 8.83. The molecular weight excluding hydrogens is 617 g/mol. The van der Waals surface area contributed by atoms with Gasteiger partial charge in [-0.05, 0) is 107 Å². The number of rotatable bonds is 14. The molecule has 2 aromatic rings. The minimum atomic E-state index is -3.66. The fraction of sp³-hybridized carbons (Fsp3) is 0.625. The molecule has 2 atom stereocenters. The number of nitrogens with one attached hydrogen (secondary N) is 2. The molecule has 0 amide bonds. The molecule has 0 bridgehead atoms. The van der Waals surface area contributed by atoms with E-state index < -0.39 is 26.2 Å². The Hall–Kier alpha value is -2.10. The van der Waals surface area contributed by atoms with E-state index in [0.717, 1.165) is 44.2 Å². The summed E-state index contributed by atoms with van der Waals surface area (Å²) >= 11 is 0. The van der Waals surface area contributed by atoms with Crippen LogP contribution >= 0.6 is 0 Å². The Labute approximate surface area is 268 Å². The Kier molecular flexibility index (Phi) is 11.2. The maximum absolute atomic E-state index is 13.4. The van der Waals surface area contributed by atoms with E-state index in [9.17, 15) is 21.9 Å². The second-order valence-electron chi connectivity index (χ2n) is 12.8. The Morgan fingerprint density at radius 2 is 1.80 bits per heavy atom. The average molecular weight is 665 g/mol. The maximum Gasteiger partial charge on any atom is 0.243 e. The standard InChI is InChI=1S/C32H48N4O7S2/c1-35(2)16-6-15-34-44(38,39)30-10-5-9-29(20-30)42-24-28(37)22-33-27-21-32(43-23-27)13-17-36(18-14-32)45(40,41)31-12-11-25-7-3-4-8-26(25)19-31/h5,9-12,19-20,27-28,33-34,37H,3-4,6-8,13-18,21-24H2,1-2H3. The largest absolute Gasteiger partial charge is 0.491 e.